The molecule has 0 saturated carbocycles. The van der Waals surface area contributed by atoms with Crippen molar-refractivity contribution in [2.24, 2.45) is 0 Å². The lowest BCUT2D eigenvalue weighted by Crippen LogP contribution is -2.50. The smallest absolute Gasteiger partial charge is 0.129 e. The second-order valence-corrected chi connectivity index (χ2v) is 4.25. The van der Waals surface area contributed by atoms with E-state index in [9.17, 15) is 0 Å². The number of ether oxygens (including phenoxy) is 1. The summed E-state index contributed by atoms with van der Waals surface area (Å²) >= 11 is 5.83. The van der Waals surface area contributed by atoms with Crippen LogP contribution in [0, 0.1) is 0 Å². The third kappa shape index (κ3) is 2.64. The van der Waals surface area contributed by atoms with Crippen LogP contribution in [0.2, 0.25) is 5.02 Å². The van der Waals surface area contributed by atoms with Gasteiger partial charge in [-0.2, -0.15) is 0 Å². The fourth-order valence-corrected chi connectivity index (χ4v) is 2.01. The highest BCUT2D eigenvalue weighted by Gasteiger charge is 2.23. The highest BCUT2D eigenvalue weighted by atomic mass is 35.5. The number of nitrogens with one attached hydrogen (secondary N) is 1. The SMILES string of the molecule is CNCC1COCCN1c1ccc(Cl)cn1. The first-order chi connectivity index (χ1) is 7.81. The van der Waals surface area contributed by atoms with Crippen molar-refractivity contribution in [3.8, 4) is 0 Å². The number of hydrogen-bond donors (Lipinski definition) is 1. The van der Waals surface area contributed by atoms with Gasteiger partial charge in [-0.3, -0.25) is 0 Å². The second kappa shape index (κ2) is 5.48. The Morgan fingerprint density at radius 3 is 3.19 bits per heavy atom. The molecular formula is C11H16ClN3O. The molecule has 1 aromatic rings. The van der Waals surface area contributed by atoms with Crippen molar-refractivity contribution in [3.05, 3.63) is 23.4 Å². The van der Waals surface area contributed by atoms with Crippen LogP contribution in [-0.2, 0) is 4.74 Å². The van der Waals surface area contributed by atoms with Crippen molar-refractivity contribution in [1.82, 2.24) is 10.3 Å². The molecule has 0 radical (unpaired) electrons. The summed E-state index contributed by atoms with van der Waals surface area (Å²) in [6.07, 6.45) is 1.68. The number of pyridine rings is 1. The summed E-state index contributed by atoms with van der Waals surface area (Å²) in [6, 6.07) is 4.17. The Hall–Kier alpha value is -0.840. The molecule has 16 heavy (non-hydrogen) atoms. The zero-order valence-electron chi connectivity index (χ0n) is 9.32. The number of halogens is 1. The number of aromatic nitrogens is 1. The van der Waals surface area contributed by atoms with Crippen molar-refractivity contribution in [2.45, 2.75) is 6.04 Å². The highest BCUT2D eigenvalue weighted by Crippen LogP contribution is 2.18. The Kier molecular flexibility index (Phi) is 3.98. The first-order valence-electron chi connectivity index (χ1n) is 5.42. The molecule has 88 valence electrons. The van der Waals surface area contributed by atoms with Crippen LogP contribution in [0.1, 0.15) is 0 Å². The van der Waals surface area contributed by atoms with Crippen LogP contribution in [0.5, 0.6) is 0 Å². The zero-order valence-corrected chi connectivity index (χ0v) is 10.1. The largest absolute Gasteiger partial charge is 0.377 e. The van der Waals surface area contributed by atoms with Crippen molar-refractivity contribution in [2.75, 3.05) is 38.3 Å². The molecule has 1 aliphatic heterocycles. The molecule has 1 saturated heterocycles. The van der Waals surface area contributed by atoms with E-state index in [0.717, 1.165) is 32.1 Å². The fourth-order valence-electron chi connectivity index (χ4n) is 1.90. The van der Waals surface area contributed by atoms with Gasteiger partial charge in [0.25, 0.3) is 0 Å². The first-order valence-corrected chi connectivity index (χ1v) is 5.79. The molecule has 1 atom stereocenters. The first kappa shape index (κ1) is 11.6. The molecule has 1 N–H and O–H groups in total. The number of likely N-dealkylation sites (N-methyl/N-ethyl adjacent to an activating group) is 1. The maximum absolute atomic E-state index is 5.83. The van der Waals surface area contributed by atoms with E-state index in [-0.39, 0.29) is 0 Å². The predicted octanol–water partition coefficient (Wildman–Crippen LogP) is 1.16. The summed E-state index contributed by atoms with van der Waals surface area (Å²) in [6.45, 7) is 3.26. The van der Waals surface area contributed by atoms with Gasteiger partial charge >= 0.3 is 0 Å². The van der Waals surface area contributed by atoms with Crippen LogP contribution in [0.25, 0.3) is 0 Å². The minimum absolute atomic E-state index is 0.340. The molecule has 5 heteroatoms. The summed E-state index contributed by atoms with van der Waals surface area (Å²) in [4.78, 5) is 6.61. The molecule has 0 aliphatic carbocycles. The van der Waals surface area contributed by atoms with Crippen LogP contribution >= 0.6 is 11.6 Å². The topological polar surface area (TPSA) is 37.4 Å². The Labute approximate surface area is 101 Å². The van der Waals surface area contributed by atoms with Crippen molar-refractivity contribution in [1.29, 1.82) is 0 Å². The van der Waals surface area contributed by atoms with Crippen molar-refractivity contribution in [3.63, 3.8) is 0 Å². The van der Waals surface area contributed by atoms with E-state index in [1.54, 1.807) is 6.20 Å². The average Bonchev–Trinajstić information content (AvgIpc) is 2.32. The van der Waals surface area contributed by atoms with Crippen LogP contribution < -0.4 is 10.2 Å². The molecule has 1 unspecified atom stereocenters. The highest BCUT2D eigenvalue weighted by molar-refractivity contribution is 6.30. The van der Waals surface area contributed by atoms with E-state index in [1.807, 2.05) is 19.2 Å². The molecule has 1 aliphatic rings. The molecule has 0 amide bonds. The quantitative estimate of drug-likeness (QED) is 0.862. The molecule has 1 fully saturated rings. The third-order valence-corrected chi connectivity index (χ3v) is 2.90. The van der Waals surface area contributed by atoms with E-state index in [0.29, 0.717) is 11.1 Å². The summed E-state index contributed by atoms with van der Waals surface area (Å²) in [5.74, 6) is 0.966. The standard InChI is InChI=1S/C11H16ClN3O/c1-13-7-10-8-16-5-4-15(10)11-3-2-9(12)6-14-11/h2-3,6,10,13H,4-5,7-8H2,1H3. The van der Waals surface area contributed by atoms with Gasteiger partial charge in [0, 0.05) is 19.3 Å². The van der Waals surface area contributed by atoms with Crippen LogP contribution in [0.3, 0.4) is 0 Å². The average molecular weight is 242 g/mol. The molecule has 0 aromatic carbocycles. The van der Waals surface area contributed by atoms with Crippen LogP contribution in [-0.4, -0.2) is 44.4 Å². The Morgan fingerprint density at radius 1 is 1.62 bits per heavy atom. The van der Waals surface area contributed by atoms with Crippen molar-refractivity contribution < 1.29 is 4.74 Å². The van der Waals surface area contributed by atoms with Gasteiger partial charge in [-0.15, -0.1) is 0 Å². The van der Waals surface area contributed by atoms with Gasteiger partial charge in [0.05, 0.1) is 24.3 Å². The third-order valence-electron chi connectivity index (χ3n) is 2.67. The Bertz CT molecular complexity index is 329. The van der Waals surface area contributed by atoms with E-state index in [1.165, 1.54) is 0 Å². The zero-order chi connectivity index (χ0) is 11.4. The minimum Gasteiger partial charge on any atom is -0.377 e. The lowest BCUT2D eigenvalue weighted by atomic mass is 10.2. The second-order valence-electron chi connectivity index (χ2n) is 3.81. The number of hydrogen-bond acceptors (Lipinski definition) is 4. The van der Waals surface area contributed by atoms with Gasteiger partial charge in [-0.05, 0) is 19.2 Å². The van der Waals surface area contributed by atoms with Crippen LogP contribution in [0.4, 0.5) is 5.82 Å². The Balaban J connectivity index is 2.13. The summed E-state index contributed by atoms with van der Waals surface area (Å²) < 4.78 is 5.47. The van der Waals surface area contributed by atoms with Gasteiger partial charge in [-0.1, -0.05) is 11.6 Å². The van der Waals surface area contributed by atoms with E-state index in [2.05, 4.69) is 15.2 Å². The normalized spacial score (nSPS) is 21.1. The monoisotopic (exact) mass is 241 g/mol. The predicted molar refractivity (Wildman–Crippen MR) is 65.1 cm³/mol. The van der Waals surface area contributed by atoms with E-state index < -0.39 is 0 Å². The minimum atomic E-state index is 0.340. The summed E-state index contributed by atoms with van der Waals surface area (Å²) in [5.41, 5.74) is 0. The molecule has 2 heterocycles. The molecule has 4 nitrogen and oxygen atoms in total. The summed E-state index contributed by atoms with van der Waals surface area (Å²) in [5, 5.41) is 3.84. The number of rotatable bonds is 3. The van der Waals surface area contributed by atoms with E-state index >= 15 is 0 Å². The van der Waals surface area contributed by atoms with Gasteiger partial charge < -0.3 is 15.0 Å². The summed E-state index contributed by atoms with van der Waals surface area (Å²) in [7, 11) is 1.95. The lowest BCUT2D eigenvalue weighted by molar-refractivity contribution is 0.0939. The maximum Gasteiger partial charge on any atom is 0.129 e. The van der Waals surface area contributed by atoms with Gasteiger partial charge in [0.15, 0.2) is 0 Å². The van der Waals surface area contributed by atoms with Gasteiger partial charge in [0.1, 0.15) is 5.82 Å². The fraction of sp³-hybridized carbons (Fsp3) is 0.545. The molecule has 0 bridgehead atoms. The molecular weight excluding hydrogens is 226 g/mol. The van der Waals surface area contributed by atoms with Gasteiger partial charge in [0.2, 0.25) is 0 Å². The molecule has 2 rings (SSSR count). The van der Waals surface area contributed by atoms with Crippen LogP contribution in [0.15, 0.2) is 18.3 Å². The maximum atomic E-state index is 5.83. The van der Waals surface area contributed by atoms with Crippen molar-refractivity contribution >= 4 is 17.4 Å². The number of anilines is 1. The number of nitrogens with zero attached hydrogens (tertiary/aromatic N) is 2. The van der Waals surface area contributed by atoms with Gasteiger partial charge in [-0.25, -0.2) is 4.98 Å². The number of morpholine rings is 1. The lowest BCUT2D eigenvalue weighted by Gasteiger charge is -2.36. The molecule has 1 aromatic heterocycles. The molecule has 0 spiro atoms. The van der Waals surface area contributed by atoms with E-state index in [4.69, 9.17) is 16.3 Å². The Morgan fingerprint density at radius 2 is 2.50 bits per heavy atom.